The fourth-order valence-electron chi connectivity index (χ4n) is 3.01. The lowest BCUT2D eigenvalue weighted by Gasteiger charge is -2.38. The first kappa shape index (κ1) is 17.7. The summed E-state index contributed by atoms with van der Waals surface area (Å²) in [7, 11) is 1.60. The lowest BCUT2D eigenvalue weighted by atomic mass is 10.0. The van der Waals surface area contributed by atoms with E-state index < -0.39 is 11.7 Å². The molecule has 1 saturated heterocycles. The highest BCUT2D eigenvalue weighted by Gasteiger charge is 2.37. The van der Waals surface area contributed by atoms with Crippen LogP contribution >= 0.6 is 11.3 Å². The number of nitrogens with zero attached hydrogens (tertiary/aromatic N) is 4. The molecule has 0 saturated carbocycles. The Kier molecular flexibility index (Phi) is 4.94. The number of amides is 1. The van der Waals surface area contributed by atoms with Gasteiger partial charge in [-0.3, -0.25) is 4.79 Å². The van der Waals surface area contributed by atoms with Gasteiger partial charge in [0.25, 0.3) is 5.91 Å². The number of piperidine rings is 1. The summed E-state index contributed by atoms with van der Waals surface area (Å²) in [5.74, 6) is -0.292. The number of pyridine rings is 1. The minimum Gasteiger partial charge on any atom is -0.354 e. The third kappa shape index (κ3) is 3.76. The number of anilines is 1. The van der Waals surface area contributed by atoms with Crippen LogP contribution in [0.2, 0.25) is 0 Å². The second-order valence-electron chi connectivity index (χ2n) is 5.90. The molecule has 134 valence electrons. The van der Waals surface area contributed by atoms with Gasteiger partial charge in [0.1, 0.15) is 11.5 Å². The molecule has 0 bridgehead atoms. The molecule has 0 aromatic carbocycles. The number of carbonyl (C=O) groups is 1. The number of alkyl halides is 3. The van der Waals surface area contributed by atoms with Crippen LogP contribution in [0.25, 0.3) is 0 Å². The van der Waals surface area contributed by atoms with Crippen LogP contribution in [0.5, 0.6) is 0 Å². The molecule has 1 fully saturated rings. The summed E-state index contributed by atoms with van der Waals surface area (Å²) in [6.07, 6.45) is -1.70. The number of likely N-dealkylation sites (N-methyl/N-ethyl adjacent to an activating group) is 1. The Morgan fingerprint density at radius 2 is 2.20 bits per heavy atom. The summed E-state index contributed by atoms with van der Waals surface area (Å²) in [6, 6.07) is 2.08. The first-order valence-electron chi connectivity index (χ1n) is 7.80. The summed E-state index contributed by atoms with van der Waals surface area (Å²) >= 11 is 1.34. The Balaban J connectivity index is 1.79. The van der Waals surface area contributed by atoms with Gasteiger partial charge in [0, 0.05) is 37.8 Å². The van der Waals surface area contributed by atoms with E-state index in [0.717, 1.165) is 12.5 Å². The van der Waals surface area contributed by atoms with E-state index in [4.69, 9.17) is 0 Å². The van der Waals surface area contributed by atoms with Crippen LogP contribution in [-0.4, -0.2) is 47.0 Å². The zero-order valence-corrected chi connectivity index (χ0v) is 14.3. The number of thiazole rings is 1. The highest BCUT2D eigenvalue weighted by molar-refractivity contribution is 7.07. The maximum Gasteiger partial charge on any atom is 0.419 e. The van der Waals surface area contributed by atoms with Crippen molar-refractivity contribution in [2.24, 2.45) is 0 Å². The molecule has 2 aromatic heterocycles. The molecule has 0 spiro atoms. The van der Waals surface area contributed by atoms with E-state index in [1.807, 2.05) is 0 Å². The van der Waals surface area contributed by atoms with Gasteiger partial charge < -0.3 is 9.80 Å². The first-order chi connectivity index (χ1) is 11.9. The van der Waals surface area contributed by atoms with Crippen molar-refractivity contribution in [3.63, 3.8) is 0 Å². The number of hydrogen-bond donors (Lipinski definition) is 0. The Bertz CT molecular complexity index is 735. The smallest absolute Gasteiger partial charge is 0.354 e. The molecular weight excluding hydrogens is 353 g/mol. The van der Waals surface area contributed by atoms with Gasteiger partial charge in [-0.15, -0.1) is 11.3 Å². The Hall–Kier alpha value is -2.16. The molecule has 9 heteroatoms. The van der Waals surface area contributed by atoms with Crippen LogP contribution < -0.4 is 4.90 Å². The molecule has 1 aliphatic heterocycles. The van der Waals surface area contributed by atoms with Crippen molar-refractivity contribution in [2.75, 3.05) is 25.0 Å². The van der Waals surface area contributed by atoms with Gasteiger partial charge in [0.2, 0.25) is 0 Å². The molecule has 0 radical (unpaired) electrons. The largest absolute Gasteiger partial charge is 0.419 e. The summed E-state index contributed by atoms with van der Waals surface area (Å²) in [4.78, 5) is 23.6. The lowest BCUT2D eigenvalue weighted by molar-refractivity contribution is -0.137. The second kappa shape index (κ2) is 6.99. The van der Waals surface area contributed by atoms with Gasteiger partial charge in [-0.25, -0.2) is 9.97 Å². The summed E-state index contributed by atoms with van der Waals surface area (Å²) in [5, 5.41) is 1.68. The molecule has 1 unspecified atom stereocenters. The number of carbonyl (C=O) groups excluding carboxylic acids is 1. The monoisotopic (exact) mass is 370 g/mol. The average Bonchev–Trinajstić information content (AvgIpc) is 3.14. The maximum absolute atomic E-state index is 13.2. The van der Waals surface area contributed by atoms with Crippen molar-refractivity contribution >= 4 is 23.1 Å². The van der Waals surface area contributed by atoms with E-state index >= 15 is 0 Å². The van der Waals surface area contributed by atoms with Crippen LogP contribution in [0.1, 0.15) is 28.9 Å². The minimum absolute atomic E-state index is 0.108. The molecule has 1 atom stereocenters. The standard InChI is InChI=1S/C16H17F3N4OS/c1-22(14-12(16(17,18)19)5-2-6-20-14)11-4-3-7-23(8-11)15(24)13-9-25-10-21-13/h2,5-6,9-11H,3-4,7-8H2,1H3. The van der Waals surface area contributed by atoms with Gasteiger partial charge in [-0.1, -0.05) is 0 Å². The maximum atomic E-state index is 13.2. The van der Waals surface area contributed by atoms with Crippen molar-refractivity contribution in [1.82, 2.24) is 14.9 Å². The van der Waals surface area contributed by atoms with Crippen molar-refractivity contribution < 1.29 is 18.0 Å². The van der Waals surface area contributed by atoms with Crippen LogP contribution in [0.3, 0.4) is 0 Å². The van der Waals surface area contributed by atoms with Gasteiger partial charge >= 0.3 is 6.18 Å². The van der Waals surface area contributed by atoms with E-state index in [0.29, 0.717) is 25.2 Å². The number of halogens is 3. The zero-order valence-electron chi connectivity index (χ0n) is 13.5. The predicted molar refractivity (Wildman–Crippen MR) is 88.7 cm³/mol. The Labute approximate surface area is 147 Å². The van der Waals surface area contributed by atoms with Gasteiger partial charge in [-0.2, -0.15) is 13.2 Å². The quantitative estimate of drug-likeness (QED) is 0.832. The number of aromatic nitrogens is 2. The van der Waals surface area contributed by atoms with Gasteiger partial charge in [0.05, 0.1) is 11.1 Å². The van der Waals surface area contributed by atoms with E-state index in [2.05, 4.69) is 9.97 Å². The minimum atomic E-state index is -4.47. The zero-order chi connectivity index (χ0) is 18.0. The van der Waals surface area contributed by atoms with Crippen molar-refractivity contribution in [3.8, 4) is 0 Å². The van der Waals surface area contributed by atoms with Crippen molar-refractivity contribution in [3.05, 3.63) is 40.5 Å². The van der Waals surface area contributed by atoms with Crippen LogP contribution in [0.15, 0.2) is 29.2 Å². The fraction of sp³-hybridized carbons (Fsp3) is 0.438. The first-order valence-corrected chi connectivity index (χ1v) is 8.74. The third-order valence-corrected chi connectivity index (χ3v) is 4.90. The molecule has 3 heterocycles. The average molecular weight is 370 g/mol. The van der Waals surface area contributed by atoms with Crippen molar-refractivity contribution in [2.45, 2.75) is 25.1 Å². The molecule has 0 N–H and O–H groups in total. The van der Waals surface area contributed by atoms with Crippen LogP contribution in [-0.2, 0) is 6.18 Å². The van der Waals surface area contributed by atoms with E-state index in [1.165, 1.54) is 28.5 Å². The number of rotatable bonds is 3. The van der Waals surface area contributed by atoms with Crippen LogP contribution in [0.4, 0.5) is 19.0 Å². The highest BCUT2D eigenvalue weighted by atomic mass is 32.1. The molecule has 5 nitrogen and oxygen atoms in total. The number of hydrogen-bond acceptors (Lipinski definition) is 5. The van der Waals surface area contributed by atoms with Gasteiger partial charge in [0.15, 0.2) is 0 Å². The summed E-state index contributed by atoms with van der Waals surface area (Å²) < 4.78 is 39.7. The fourth-order valence-corrected chi connectivity index (χ4v) is 3.53. The molecule has 3 rings (SSSR count). The van der Waals surface area contributed by atoms with Crippen molar-refractivity contribution in [1.29, 1.82) is 0 Å². The molecule has 0 aliphatic carbocycles. The Morgan fingerprint density at radius 3 is 2.88 bits per heavy atom. The second-order valence-corrected chi connectivity index (χ2v) is 6.62. The number of likely N-dealkylation sites (tertiary alicyclic amines) is 1. The SMILES string of the molecule is CN(c1ncccc1C(F)(F)F)C1CCCN(C(=O)c2cscn2)C1. The van der Waals surface area contributed by atoms with Crippen LogP contribution in [0, 0.1) is 0 Å². The molecule has 2 aromatic rings. The van der Waals surface area contributed by atoms with E-state index in [-0.39, 0.29) is 17.8 Å². The van der Waals surface area contributed by atoms with Gasteiger partial charge in [-0.05, 0) is 25.0 Å². The normalized spacial score (nSPS) is 18.2. The lowest BCUT2D eigenvalue weighted by Crippen LogP contribution is -2.49. The van der Waals surface area contributed by atoms with E-state index in [9.17, 15) is 18.0 Å². The molecule has 1 amide bonds. The predicted octanol–water partition coefficient (Wildman–Crippen LogP) is 3.30. The topological polar surface area (TPSA) is 49.3 Å². The highest BCUT2D eigenvalue weighted by Crippen LogP contribution is 2.36. The van der Waals surface area contributed by atoms with E-state index in [1.54, 1.807) is 22.8 Å². The molecule has 25 heavy (non-hydrogen) atoms. The summed E-state index contributed by atoms with van der Waals surface area (Å²) in [5.41, 5.74) is 1.20. The third-order valence-electron chi connectivity index (χ3n) is 4.31. The Morgan fingerprint density at radius 1 is 1.40 bits per heavy atom. The summed E-state index contributed by atoms with van der Waals surface area (Å²) in [6.45, 7) is 0.926. The molecular formula is C16H17F3N4OS. The molecule has 1 aliphatic rings.